The molecule has 1 N–H and O–H groups in total. The summed E-state index contributed by atoms with van der Waals surface area (Å²) in [5.41, 5.74) is -0.510. The number of nitrogens with zero attached hydrogens (tertiary/aromatic N) is 3. The Morgan fingerprint density at radius 3 is 2.75 bits per heavy atom. The van der Waals surface area contributed by atoms with Crippen molar-refractivity contribution in [2.24, 2.45) is 40.4 Å². The lowest BCUT2D eigenvalue weighted by Crippen LogP contribution is -2.58. The van der Waals surface area contributed by atoms with Gasteiger partial charge in [-0.15, -0.1) is 0 Å². The van der Waals surface area contributed by atoms with Gasteiger partial charge in [-0.2, -0.15) is 15.0 Å². The molecule has 32 heavy (non-hydrogen) atoms. The van der Waals surface area contributed by atoms with E-state index in [4.69, 9.17) is 7.48 Å². The topological polar surface area (TPSA) is 77.2 Å². The Bertz CT molecular complexity index is 949. The number of Topliss-reactive ketones (excluding diaryl/α,β-unsaturated/α-hetero) is 1. The van der Waals surface area contributed by atoms with Crippen LogP contribution in [0.25, 0.3) is 0 Å². The zero-order valence-corrected chi connectivity index (χ0v) is 20.1. The van der Waals surface area contributed by atoms with Gasteiger partial charge in [0.2, 0.25) is 0 Å². The number of hydrogen-bond acceptors (Lipinski definition) is 5. The number of ketones is 1. The van der Waals surface area contributed by atoms with E-state index in [9.17, 15) is 9.90 Å². The Hall–Kier alpha value is -1.27. The third-order valence-corrected chi connectivity index (χ3v) is 10.1. The molecule has 1 aromatic rings. The van der Waals surface area contributed by atoms with Gasteiger partial charge in [0.25, 0.3) is 0 Å². The molecule has 0 aromatic carbocycles. The summed E-state index contributed by atoms with van der Waals surface area (Å²) in [6, 6.07) is 0. The molecule has 0 radical (unpaired) electrons. The second-order valence-electron chi connectivity index (χ2n) is 11.9. The van der Waals surface area contributed by atoms with E-state index in [1.54, 1.807) is 6.20 Å². The molecule has 0 saturated heterocycles. The summed E-state index contributed by atoms with van der Waals surface area (Å²) in [5, 5.41) is 19.4. The van der Waals surface area contributed by atoms with Crippen LogP contribution in [-0.2, 0) is 16.1 Å². The van der Waals surface area contributed by atoms with Crippen LogP contribution in [-0.4, -0.2) is 45.2 Å². The Morgan fingerprint density at radius 1 is 1.22 bits per heavy atom. The Kier molecular flexibility index (Phi) is 4.97. The number of carbonyl (C=O) groups excluding carboxylic acids is 1. The molecule has 5 rings (SSSR count). The maximum Gasteiger partial charge on any atom is 0.159 e. The minimum atomic E-state index is -1.72. The minimum Gasteiger partial charge on any atom is -0.390 e. The maximum atomic E-state index is 13.4. The van der Waals surface area contributed by atoms with Gasteiger partial charge >= 0.3 is 0 Å². The van der Waals surface area contributed by atoms with Crippen molar-refractivity contribution in [2.75, 3.05) is 13.7 Å². The van der Waals surface area contributed by atoms with Crippen LogP contribution in [0, 0.1) is 47.3 Å². The van der Waals surface area contributed by atoms with Crippen molar-refractivity contribution in [1.82, 2.24) is 15.0 Å². The van der Waals surface area contributed by atoms with Gasteiger partial charge in [0, 0.05) is 13.0 Å². The van der Waals surface area contributed by atoms with Crippen LogP contribution in [0.3, 0.4) is 0 Å². The quantitative estimate of drug-likeness (QED) is 0.735. The molecule has 1 heterocycles. The smallest absolute Gasteiger partial charge is 0.159 e. The van der Waals surface area contributed by atoms with Crippen molar-refractivity contribution in [3.05, 3.63) is 11.9 Å². The lowest BCUT2D eigenvalue weighted by molar-refractivity contribution is -0.175. The Labute approximate surface area is 195 Å². The zero-order valence-electron chi connectivity index (χ0n) is 22.1. The van der Waals surface area contributed by atoms with Crippen LogP contribution in [0.5, 0.6) is 0 Å². The second-order valence-corrected chi connectivity index (χ2v) is 11.9. The van der Waals surface area contributed by atoms with E-state index in [2.05, 4.69) is 17.1 Å². The summed E-state index contributed by atoms with van der Waals surface area (Å²) in [4.78, 5) is 14.9. The van der Waals surface area contributed by atoms with E-state index < -0.39 is 17.6 Å². The number of fused-ring (bicyclic) bond motifs is 5. The van der Waals surface area contributed by atoms with E-state index in [0.29, 0.717) is 31.1 Å². The molecule has 1 aromatic heterocycles. The third kappa shape index (κ3) is 3.48. The summed E-state index contributed by atoms with van der Waals surface area (Å²) >= 11 is 0. The van der Waals surface area contributed by atoms with Crippen LogP contribution < -0.4 is 0 Å². The molecule has 8 atom stereocenters. The molecule has 0 bridgehead atoms. The summed E-state index contributed by atoms with van der Waals surface area (Å²) in [6.07, 6.45) is 9.46. The highest BCUT2D eigenvalue weighted by atomic mass is 16.5. The largest absolute Gasteiger partial charge is 0.390 e. The van der Waals surface area contributed by atoms with Crippen LogP contribution in [0.1, 0.15) is 80.1 Å². The van der Waals surface area contributed by atoms with Crippen molar-refractivity contribution in [1.29, 1.82) is 0 Å². The molecule has 0 unspecified atom stereocenters. The van der Waals surface area contributed by atoms with Gasteiger partial charge in [-0.05, 0) is 106 Å². The zero-order chi connectivity index (χ0) is 24.5. The molecule has 4 aliphatic rings. The van der Waals surface area contributed by atoms with E-state index >= 15 is 0 Å². The molecule has 178 valence electrons. The molecular weight excluding hydrogens is 402 g/mol. The number of rotatable bonds is 5. The fourth-order valence-corrected chi connectivity index (χ4v) is 8.70. The van der Waals surface area contributed by atoms with Crippen LogP contribution in [0.15, 0.2) is 6.20 Å². The maximum absolute atomic E-state index is 13.4. The lowest BCUT2D eigenvalue weighted by Gasteiger charge is -2.62. The number of ether oxygens (including phenoxy) is 1. The molecule has 0 spiro atoms. The fraction of sp³-hybridized carbons (Fsp3) is 0.885. The summed E-state index contributed by atoms with van der Waals surface area (Å²) in [6.45, 7) is 4.63. The monoisotopic (exact) mass is 445 g/mol. The Balaban J connectivity index is 1.43. The van der Waals surface area contributed by atoms with Crippen molar-refractivity contribution in [3.8, 4) is 0 Å². The number of aliphatic hydroxyl groups is 1. The van der Waals surface area contributed by atoms with Gasteiger partial charge in [0.15, 0.2) is 5.78 Å². The predicted octanol–water partition coefficient (Wildman–Crippen LogP) is 4.19. The van der Waals surface area contributed by atoms with Crippen molar-refractivity contribution in [2.45, 2.75) is 90.7 Å². The predicted molar refractivity (Wildman–Crippen MR) is 122 cm³/mol. The standard InChI is InChI=1S/C26H41N3O3/c1-17-14-27-29(28-17)15-23(30)22-8-7-20-19-6-5-18-13-24(2,31)11-12-26(18,16-32-4)21(19)9-10-25(20,22)3/h14,18-22,31H,5-13,15-16H2,1-4H3/t18-,19+,20+,21+,22-,24-,25+,26-/m1/s1/i16D2. The first-order valence-corrected chi connectivity index (χ1v) is 12.6. The average Bonchev–Trinajstić information content (AvgIpc) is 3.34. The molecular formula is C26H41N3O3. The SMILES string of the molecule is [2H]C([2H])(OC)[C@]12CC[C@@](C)(O)C[C@H]1CC[C@H]1[C@@H]3CC[C@H](C(=O)Cn4ncc(C)n4)[C@@]3(C)CC[C@@H]12. The van der Waals surface area contributed by atoms with Gasteiger partial charge in [-0.3, -0.25) is 4.79 Å². The highest BCUT2D eigenvalue weighted by Crippen LogP contribution is 2.68. The van der Waals surface area contributed by atoms with Gasteiger partial charge in [0.1, 0.15) is 6.54 Å². The summed E-state index contributed by atoms with van der Waals surface area (Å²) in [7, 11) is 1.50. The first-order valence-electron chi connectivity index (χ1n) is 13.6. The molecule has 0 amide bonds. The first-order chi connectivity index (χ1) is 15.9. The highest BCUT2D eigenvalue weighted by Gasteiger charge is 2.63. The molecule has 6 nitrogen and oxygen atoms in total. The van der Waals surface area contributed by atoms with Crippen molar-refractivity contribution in [3.63, 3.8) is 0 Å². The number of methoxy groups -OCH3 is 1. The van der Waals surface area contributed by atoms with E-state index in [0.717, 1.165) is 44.2 Å². The fourth-order valence-electron chi connectivity index (χ4n) is 8.70. The lowest BCUT2D eigenvalue weighted by atomic mass is 9.43. The van der Waals surface area contributed by atoms with Gasteiger partial charge in [-0.1, -0.05) is 6.92 Å². The van der Waals surface area contributed by atoms with Crippen molar-refractivity contribution < 1.29 is 17.4 Å². The van der Waals surface area contributed by atoms with Crippen LogP contribution in [0.2, 0.25) is 0 Å². The molecule has 6 heteroatoms. The number of aromatic nitrogens is 3. The summed E-state index contributed by atoms with van der Waals surface area (Å²) < 4.78 is 23.6. The van der Waals surface area contributed by atoms with Crippen LogP contribution >= 0.6 is 0 Å². The van der Waals surface area contributed by atoms with Gasteiger partial charge in [0.05, 0.1) is 26.8 Å². The Morgan fingerprint density at radius 2 is 2.03 bits per heavy atom. The normalized spacial score (nSPS) is 47.1. The van der Waals surface area contributed by atoms with Gasteiger partial charge in [-0.25, -0.2) is 0 Å². The summed E-state index contributed by atoms with van der Waals surface area (Å²) in [5.74, 6) is 1.46. The van der Waals surface area contributed by atoms with E-state index in [1.165, 1.54) is 11.9 Å². The molecule has 4 saturated carbocycles. The molecule has 4 aliphatic carbocycles. The van der Waals surface area contributed by atoms with Crippen LogP contribution in [0.4, 0.5) is 0 Å². The number of hydrogen-bond donors (Lipinski definition) is 1. The highest BCUT2D eigenvalue weighted by molar-refractivity contribution is 5.82. The van der Waals surface area contributed by atoms with E-state index in [1.807, 2.05) is 13.8 Å². The van der Waals surface area contributed by atoms with Crippen molar-refractivity contribution >= 4 is 5.78 Å². The number of carbonyl (C=O) groups is 1. The minimum absolute atomic E-state index is 0.0182. The average molecular weight is 446 g/mol. The van der Waals surface area contributed by atoms with E-state index in [-0.39, 0.29) is 35.5 Å². The number of aryl methyl sites for hydroxylation is 1. The second kappa shape index (κ2) is 7.90. The molecule has 0 aliphatic heterocycles. The first kappa shape index (κ1) is 20.1. The molecule has 4 fully saturated rings. The third-order valence-electron chi connectivity index (χ3n) is 10.1. The van der Waals surface area contributed by atoms with Gasteiger partial charge < -0.3 is 9.84 Å².